The van der Waals surface area contributed by atoms with Gasteiger partial charge in [-0.15, -0.1) is 6.58 Å². The van der Waals surface area contributed by atoms with Crippen molar-refractivity contribution < 1.29 is 134 Å². The largest absolute Gasteiger partial charge is 1.00 e. The number of carboxylic acids is 2. The Hall–Kier alpha value is 0.240. The second-order valence-electron chi connectivity index (χ2n) is 8.00. The number of hydrogen-bond acceptors (Lipinski definition) is 15. The minimum absolute atomic E-state index is 0. The van der Waals surface area contributed by atoms with Gasteiger partial charge in [-0.3, -0.25) is 0 Å². The summed E-state index contributed by atoms with van der Waals surface area (Å²) in [6, 6.07) is 0. The molecule has 0 aromatic carbocycles. The van der Waals surface area contributed by atoms with Gasteiger partial charge in [0.15, 0.2) is 0 Å². The van der Waals surface area contributed by atoms with Crippen molar-refractivity contribution in [3.8, 4) is 0 Å². The van der Waals surface area contributed by atoms with E-state index in [1.165, 1.54) is 6.08 Å². The number of carboxylic acid groups (broad SMARTS) is 2. The second kappa shape index (κ2) is 15.1. The molecular formula is C19H28Na2O15. The van der Waals surface area contributed by atoms with Crippen LogP contribution in [0.5, 0.6) is 0 Å². The minimum Gasteiger partial charge on any atom is -0.544 e. The first kappa shape index (κ1) is 36.2. The second-order valence-corrected chi connectivity index (χ2v) is 8.00. The van der Waals surface area contributed by atoms with Crippen LogP contribution in [0.2, 0.25) is 0 Å². The standard InChI is InChI=1S/C19H30O15.2Na/c1-2-3-31-18(16(27)28)4-8(21)13(26)15(34-18)11(24)7-32-19(17(29)30)5-9(22)12(25)14(33-19)10(23)6-20;;/h2,8-15,20-26H,1,3-7H2,(H,27,28)(H,29,30);;/q;2*+1/p-2/t8-,9-,10-,11-,12-,13-,14-,15-,18-,19-;;/m1../s1. The zero-order valence-corrected chi connectivity index (χ0v) is 23.8. The molecule has 15 nitrogen and oxygen atoms in total. The van der Waals surface area contributed by atoms with Crippen molar-refractivity contribution in [2.45, 2.75) is 73.2 Å². The molecule has 0 aliphatic carbocycles. The van der Waals surface area contributed by atoms with Crippen molar-refractivity contribution in [1.82, 2.24) is 0 Å². The van der Waals surface area contributed by atoms with Crippen LogP contribution in [-0.2, 0) is 28.5 Å². The average molecular weight is 542 g/mol. The van der Waals surface area contributed by atoms with Gasteiger partial charge in [0.1, 0.15) is 48.6 Å². The summed E-state index contributed by atoms with van der Waals surface area (Å²) in [6.45, 7) is 0.940. The van der Waals surface area contributed by atoms with Gasteiger partial charge >= 0.3 is 59.1 Å². The van der Waals surface area contributed by atoms with Crippen LogP contribution in [0.1, 0.15) is 12.8 Å². The normalized spacial score (nSPS) is 38.1. The molecule has 2 aliphatic rings. The molecule has 0 spiro atoms. The Labute approximate surface area is 249 Å². The molecule has 10 atom stereocenters. The van der Waals surface area contributed by atoms with Crippen molar-refractivity contribution in [3.05, 3.63) is 12.7 Å². The summed E-state index contributed by atoms with van der Waals surface area (Å²) < 4.78 is 20.4. The SMILES string of the molecule is C=CCO[C@]1(C(=O)[O-])C[C@@H](O)[C@@H](O)[C@@H]([C@H](O)CO[C@]2(C(=O)[O-])C[C@@H](O)[C@@H](O)[C@@H]([C@H](O)CO)O2)O1.[Na+].[Na+]. The molecule has 0 aromatic rings. The van der Waals surface area contributed by atoms with Crippen LogP contribution in [0.25, 0.3) is 0 Å². The molecule has 36 heavy (non-hydrogen) atoms. The number of carbonyl (C=O) groups excluding carboxylic acids is 2. The molecule has 0 amide bonds. The number of carbonyl (C=O) groups is 2. The van der Waals surface area contributed by atoms with E-state index in [0.717, 1.165) is 0 Å². The fraction of sp³-hybridized carbons (Fsp3) is 0.789. The van der Waals surface area contributed by atoms with Gasteiger partial charge in [0.25, 0.3) is 0 Å². The van der Waals surface area contributed by atoms with E-state index in [9.17, 15) is 50.4 Å². The molecule has 2 aliphatic heterocycles. The Bertz CT molecular complexity index is 744. The van der Waals surface area contributed by atoms with E-state index in [1.54, 1.807) is 0 Å². The molecule has 17 heteroatoms. The number of aliphatic hydroxyl groups excluding tert-OH is 7. The monoisotopic (exact) mass is 542 g/mol. The Morgan fingerprint density at radius 1 is 0.917 bits per heavy atom. The zero-order chi connectivity index (χ0) is 25.8. The Morgan fingerprint density at radius 2 is 1.33 bits per heavy atom. The third kappa shape index (κ3) is 7.89. The zero-order valence-electron chi connectivity index (χ0n) is 19.8. The Kier molecular flexibility index (Phi) is 15.2. The Balaban J connectivity index is 0.00000612. The molecule has 0 aromatic heterocycles. The maximum atomic E-state index is 11.8. The summed E-state index contributed by atoms with van der Waals surface area (Å²) in [5.41, 5.74) is 0. The molecule has 0 bridgehead atoms. The van der Waals surface area contributed by atoms with Crippen LogP contribution in [0.3, 0.4) is 0 Å². The van der Waals surface area contributed by atoms with Gasteiger partial charge in [0.2, 0.25) is 11.6 Å². The summed E-state index contributed by atoms with van der Waals surface area (Å²) in [5, 5.41) is 93.1. The molecule has 2 rings (SSSR count). The quantitative estimate of drug-likeness (QED) is 0.0944. The van der Waals surface area contributed by atoms with Gasteiger partial charge in [-0.1, -0.05) is 6.08 Å². The van der Waals surface area contributed by atoms with E-state index in [-0.39, 0.29) is 65.7 Å². The molecule has 2 heterocycles. The molecule has 196 valence electrons. The number of aliphatic hydroxyl groups is 7. The van der Waals surface area contributed by atoms with Crippen LogP contribution in [0, 0.1) is 0 Å². The first-order valence-corrected chi connectivity index (χ1v) is 10.2. The molecule has 2 fully saturated rings. The molecule has 0 unspecified atom stereocenters. The van der Waals surface area contributed by atoms with Crippen LogP contribution in [0.15, 0.2) is 12.7 Å². The smallest absolute Gasteiger partial charge is 0.544 e. The molecule has 0 saturated carbocycles. The Morgan fingerprint density at radius 3 is 1.72 bits per heavy atom. The van der Waals surface area contributed by atoms with Gasteiger partial charge in [-0.25, -0.2) is 0 Å². The van der Waals surface area contributed by atoms with E-state index < -0.39 is 98.4 Å². The first-order chi connectivity index (χ1) is 15.8. The number of aliphatic carboxylic acids is 2. The van der Waals surface area contributed by atoms with Crippen molar-refractivity contribution in [2.24, 2.45) is 0 Å². The molecular weight excluding hydrogens is 514 g/mol. The van der Waals surface area contributed by atoms with Gasteiger partial charge in [-0.2, -0.15) is 0 Å². The fourth-order valence-electron chi connectivity index (χ4n) is 3.70. The number of ether oxygens (including phenoxy) is 4. The first-order valence-electron chi connectivity index (χ1n) is 10.2. The van der Waals surface area contributed by atoms with Gasteiger partial charge in [0, 0.05) is 12.8 Å². The summed E-state index contributed by atoms with van der Waals surface area (Å²) in [6.07, 6.45) is -15.4. The van der Waals surface area contributed by atoms with Gasteiger partial charge in [0.05, 0.1) is 32.0 Å². The molecule has 2 saturated heterocycles. The average Bonchev–Trinajstić information content (AvgIpc) is 2.79. The fourth-order valence-corrected chi connectivity index (χ4v) is 3.70. The van der Waals surface area contributed by atoms with E-state index in [2.05, 4.69) is 6.58 Å². The van der Waals surface area contributed by atoms with Crippen LogP contribution >= 0.6 is 0 Å². The maximum Gasteiger partial charge on any atom is 1.00 e. The third-order valence-electron chi connectivity index (χ3n) is 5.56. The van der Waals surface area contributed by atoms with Crippen LogP contribution in [-0.4, -0.2) is 128 Å². The van der Waals surface area contributed by atoms with Crippen molar-refractivity contribution in [3.63, 3.8) is 0 Å². The topological polar surface area (TPSA) is 259 Å². The van der Waals surface area contributed by atoms with Gasteiger partial charge in [-0.05, 0) is 0 Å². The summed E-state index contributed by atoms with van der Waals surface area (Å²) in [5.74, 6) is -9.45. The van der Waals surface area contributed by atoms with E-state index in [4.69, 9.17) is 24.1 Å². The van der Waals surface area contributed by atoms with E-state index in [1.807, 2.05) is 0 Å². The van der Waals surface area contributed by atoms with E-state index >= 15 is 0 Å². The van der Waals surface area contributed by atoms with Crippen molar-refractivity contribution >= 4 is 11.9 Å². The summed E-state index contributed by atoms with van der Waals surface area (Å²) in [7, 11) is 0. The molecule has 0 radical (unpaired) electrons. The number of rotatable bonds is 11. The third-order valence-corrected chi connectivity index (χ3v) is 5.56. The summed E-state index contributed by atoms with van der Waals surface area (Å²) in [4.78, 5) is 23.4. The molecule has 7 N–H and O–H groups in total. The van der Waals surface area contributed by atoms with E-state index in [0.29, 0.717) is 0 Å². The number of hydrogen-bond donors (Lipinski definition) is 7. The van der Waals surface area contributed by atoms with Crippen molar-refractivity contribution in [2.75, 3.05) is 19.8 Å². The summed E-state index contributed by atoms with van der Waals surface area (Å²) >= 11 is 0. The van der Waals surface area contributed by atoms with Gasteiger partial charge < -0.3 is 74.5 Å². The van der Waals surface area contributed by atoms with Crippen molar-refractivity contribution in [1.29, 1.82) is 0 Å². The predicted molar refractivity (Wildman–Crippen MR) is 99.7 cm³/mol. The van der Waals surface area contributed by atoms with Crippen LogP contribution < -0.4 is 69.3 Å². The maximum absolute atomic E-state index is 11.8. The predicted octanol–water partition coefficient (Wildman–Crippen LogP) is -13.2. The van der Waals surface area contributed by atoms with Crippen LogP contribution in [0.4, 0.5) is 0 Å². The minimum atomic E-state index is -2.84.